The third-order valence-electron chi connectivity index (χ3n) is 2.48. The predicted molar refractivity (Wildman–Crippen MR) is 75.0 cm³/mol. The number of nitro groups is 1. The number of nitro benzene ring substituents is 1. The molecule has 0 atom stereocenters. The van der Waals surface area contributed by atoms with Crippen LogP contribution in [0.3, 0.4) is 0 Å². The summed E-state index contributed by atoms with van der Waals surface area (Å²) in [4.78, 5) is 25.9. The van der Waals surface area contributed by atoms with Crippen LogP contribution in [0.1, 0.15) is 5.56 Å². The molecule has 6 nitrogen and oxygen atoms in total. The molecule has 1 heterocycles. The number of para-hydroxylation sites is 1. The summed E-state index contributed by atoms with van der Waals surface area (Å²) in [5.74, 6) is -0.379. The number of hydrogen-bond acceptors (Lipinski definition) is 4. The van der Waals surface area contributed by atoms with Gasteiger partial charge in [0.25, 0.3) is 5.69 Å². The lowest BCUT2D eigenvalue weighted by molar-refractivity contribution is -0.385. The van der Waals surface area contributed by atoms with Gasteiger partial charge in [-0.1, -0.05) is 12.1 Å². The van der Waals surface area contributed by atoms with Gasteiger partial charge in [0.2, 0.25) is 5.91 Å². The molecule has 20 heavy (non-hydrogen) atoms. The van der Waals surface area contributed by atoms with Gasteiger partial charge in [-0.05, 0) is 24.3 Å². The van der Waals surface area contributed by atoms with Crippen molar-refractivity contribution >= 4 is 23.4 Å². The van der Waals surface area contributed by atoms with Crippen LogP contribution >= 0.6 is 0 Å². The lowest BCUT2D eigenvalue weighted by Crippen LogP contribution is -2.07. The Morgan fingerprint density at radius 3 is 2.75 bits per heavy atom. The summed E-state index contributed by atoms with van der Waals surface area (Å²) in [5.41, 5.74) is 0.890. The van der Waals surface area contributed by atoms with Crippen molar-refractivity contribution in [3.63, 3.8) is 0 Å². The van der Waals surface area contributed by atoms with E-state index in [0.29, 0.717) is 11.3 Å². The molecule has 1 aromatic heterocycles. The van der Waals surface area contributed by atoms with Crippen molar-refractivity contribution in [3.8, 4) is 0 Å². The summed E-state index contributed by atoms with van der Waals surface area (Å²) in [5, 5.41) is 13.4. The number of pyridine rings is 1. The Balaban J connectivity index is 2.10. The van der Waals surface area contributed by atoms with Crippen molar-refractivity contribution in [1.82, 2.24) is 4.98 Å². The van der Waals surface area contributed by atoms with Crippen LogP contribution in [0.4, 0.5) is 11.4 Å². The highest BCUT2D eigenvalue weighted by Crippen LogP contribution is 2.18. The molecule has 0 aliphatic heterocycles. The molecule has 0 aliphatic carbocycles. The molecule has 6 heteroatoms. The van der Waals surface area contributed by atoms with Gasteiger partial charge in [-0.3, -0.25) is 19.9 Å². The molecular weight excluding hydrogens is 258 g/mol. The normalized spacial score (nSPS) is 10.4. The topological polar surface area (TPSA) is 85.1 Å². The number of hydrogen-bond donors (Lipinski definition) is 1. The third-order valence-corrected chi connectivity index (χ3v) is 2.48. The summed E-state index contributed by atoms with van der Waals surface area (Å²) >= 11 is 0. The fraction of sp³-hybridized carbons (Fsp3) is 0. The first-order chi connectivity index (χ1) is 9.66. The summed E-state index contributed by atoms with van der Waals surface area (Å²) < 4.78 is 0. The van der Waals surface area contributed by atoms with Crippen molar-refractivity contribution < 1.29 is 9.72 Å². The SMILES string of the molecule is O=C(/C=C/c1ccccc1[N+](=O)[O-])Nc1cccnc1. The van der Waals surface area contributed by atoms with Crippen molar-refractivity contribution in [1.29, 1.82) is 0 Å². The van der Waals surface area contributed by atoms with Crippen LogP contribution in [0.2, 0.25) is 0 Å². The van der Waals surface area contributed by atoms with E-state index >= 15 is 0 Å². The fourth-order valence-corrected chi connectivity index (χ4v) is 1.58. The van der Waals surface area contributed by atoms with Crippen molar-refractivity contribution in [2.75, 3.05) is 5.32 Å². The maximum absolute atomic E-state index is 11.7. The zero-order valence-electron chi connectivity index (χ0n) is 10.4. The lowest BCUT2D eigenvalue weighted by atomic mass is 10.1. The number of anilines is 1. The van der Waals surface area contributed by atoms with Crippen molar-refractivity contribution in [2.45, 2.75) is 0 Å². The van der Waals surface area contributed by atoms with Gasteiger partial charge >= 0.3 is 0 Å². The lowest BCUT2D eigenvalue weighted by Gasteiger charge is -2.00. The average Bonchev–Trinajstić information content (AvgIpc) is 2.46. The van der Waals surface area contributed by atoms with Crippen LogP contribution in [0.5, 0.6) is 0 Å². The van der Waals surface area contributed by atoms with Crippen molar-refractivity contribution in [3.05, 3.63) is 70.5 Å². The highest BCUT2D eigenvalue weighted by Gasteiger charge is 2.09. The smallest absolute Gasteiger partial charge is 0.276 e. The molecule has 0 radical (unpaired) electrons. The van der Waals surface area contributed by atoms with E-state index in [1.165, 1.54) is 24.4 Å². The maximum atomic E-state index is 11.7. The van der Waals surface area contributed by atoms with Gasteiger partial charge in [-0.2, -0.15) is 0 Å². The van der Waals surface area contributed by atoms with E-state index in [1.807, 2.05) is 0 Å². The minimum atomic E-state index is -0.487. The molecule has 0 unspecified atom stereocenters. The Bertz CT molecular complexity index is 654. The van der Waals surface area contributed by atoms with Crippen molar-refractivity contribution in [2.24, 2.45) is 0 Å². The largest absolute Gasteiger partial charge is 0.321 e. The highest BCUT2D eigenvalue weighted by atomic mass is 16.6. The van der Waals surface area contributed by atoms with E-state index in [1.54, 1.807) is 36.5 Å². The minimum Gasteiger partial charge on any atom is -0.321 e. The van der Waals surface area contributed by atoms with Gasteiger partial charge in [0.1, 0.15) is 0 Å². The first-order valence-electron chi connectivity index (χ1n) is 5.79. The number of aromatic nitrogens is 1. The molecular formula is C14H11N3O3. The second-order valence-corrected chi connectivity index (χ2v) is 3.88. The van der Waals surface area contributed by atoms with Gasteiger partial charge < -0.3 is 5.32 Å². The van der Waals surface area contributed by atoms with Crippen LogP contribution in [0.15, 0.2) is 54.9 Å². The number of rotatable bonds is 4. The fourth-order valence-electron chi connectivity index (χ4n) is 1.58. The summed E-state index contributed by atoms with van der Waals surface area (Å²) in [7, 11) is 0. The van der Waals surface area contributed by atoms with E-state index in [9.17, 15) is 14.9 Å². The zero-order valence-corrected chi connectivity index (χ0v) is 10.4. The molecule has 2 rings (SSSR count). The Hall–Kier alpha value is -3.02. The second kappa shape index (κ2) is 6.24. The first-order valence-corrected chi connectivity index (χ1v) is 5.79. The minimum absolute atomic E-state index is 0.0436. The molecule has 1 N–H and O–H groups in total. The van der Waals surface area contributed by atoms with E-state index in [-0.39, 0.29) is 11.6 Å². The van der Waals surface area contributed by atoms with E-state index < -0.39 is 4.92 Å². The monoisotopic (exact) mass is 269 g/mol. The molecule has 0 spiro atoms. The molecule has 1 aromatic carbocycles. The Labute approximate surface area is 114 Å². The third kappa shape index (κ3) is 3.49. The Kier molecular flexibility index (Phi) is 4.18. The molecule has 0 aliphatic rings. The number of benzene rings is 1. The van der Waals surface area contributed by atoms with Gasteiger partial charge in [-0.25, -0.2) is 0 Å². The number of amides is 1. The molecule has 0 saturated heterocycles. The number of nitrogens with zero attached hydrogens (tertiary/aromatic N) is 2. The Morgan fingerprint density at radius 2 is 2.05 bits per heavy atom. The van der Waals surface area contributed by atoms with Crippen LogP contribution in [0.25, 0.3) is 6.08 Å². The summed E-state index contributed by atoms with van der Waals surface area (Å²) in [6.45, 7) is 0. The molecule has 1 amide bonds. The number of carbonyl (C=O) groups is 1. The highest BCUT2D eigenvalue weighted by molar-refractivity contribution is 6.02. The van der Waals surface area contributed by atoms with E-state index in [2.05, 4.69) is 10.3 Å². The molecule has 100 valence electrons. The predicted octanol–water partition coefficient (Wildman–Crippen LogP) is 2.64. The van der Waals surface area contributed by atoms with E-state index in [4.69, 9.17) is 0 Å². The van der Waals surface area contributed by atoms with Gasteiger partial charge in [0.05, 0.1) is 22.4 Å². The Morgan fingerprint density at radius 1 is 1.25 bits per heavy atom. The van der Waals surface area contributed by atoms with Gasteiger partial charge in [0.15, 0.2) is 0 Å². The van der Waals surface area contributed by atoms with Crippen LogP contribution in [0, 0.1) is 10.1 Å². The molecule has 0 fully saturated rings. The molecule has 2 aromatic rings. The quantitative estimate of drug-likeness (QED) is 0.525. The average molecular weight is 269 g/mol. The molecule has 0 bridgehead atoms. The first kappa shape index (κ1) is 13.4. The van der Waals surface area contributed by atoms with Crippen LogP contribution in [-0.2, 0) is 4.79 Å². The zero-order chi connectivity index (χ0) is 14.4. The van der Waals surface area contributed by atoms with Gasteiger partial charge in [-0.15, -0.1) is 0 Å². The molecule has 0 saturated carbocycles. The second-order valence-electron chi connectivity index (χ2n) is 3.88. The van der Waals surface area contributed by atoms with Gasteiger partial charge in [0, 0.05) is 18.3 Å². The summed E-state index contributed by atoms with van der Waals surface area (Å²) in [6, 6.07) is 9.60. The van der Waals surface area contributed by atoms with E-state index in [0.717, 1.165) is 0 Å². The number of carbonyl (C=O) groups excluding carboxylic acids is 1. The van der Waals surface area contributed by atoms with Crippen LogP contribution < -0.4 is 5.32 Å². The maximum Gasteiger partial charge on any atom is 0.276 e. The summed E-state index contributed by atoms with van der Waals surface area (Å²) in [6.07, 6.45) is 5.76. The number of nitrogens with one attached hydrogen (secondary N) is 1. The van der Waals surface area contributed by atoms with Crippen LogP contribution in [-0.4, -0.2) is 15.8 Å². The standard InChI is InChI=1S/C14H11N3O3/c18-14(16-12-5-3-9-15-10-12)8-7-11-4-1-2-6-13(11)17(19)20/h1-10H,(H,16,18)/b8-7+.